The molecule has 0 spiro atoms. The number of fused-ring (bicyclic) bond motifs is 1. The fraction of sp³-hybridized carbons (Fsp3) is 0.265. The Balaban J connectivity index is 1.32. The number of benzene rings is 3. The maximum Gasteiger partial charge on any atom is 0.310 e. The van der Waals surface area contributed by atoms with Gasteiger partial charge in [0, 0.05) is 30.9 Å². The van der Waals surface area contributed by atoms with Gasteiger partial charge in [0.2, 0.25) is 0 Å². The monoisotopic (exact) mass is 595 g/mol. The molecule has 1 aliphatic heterocycles. The molecule has 226 valence electrons. The van der Waals surface area contributed by atoms with Gasteiger partial charge in [-0.15, -0.1) is 0 Å². The molecule has 0 bridgehead atoms. The smallest absolute Gasteiger partial charge is 0.310 e. The topological polar surface area (TPSA) is 143 Å². The summed E-state index contributed by atoms with van der Waals surface area (Å²) in [4.78, 5) is 15.6. The highest BCUT2D eigenvalue weighted by atomic mass is 16.6. The summed E-state index contributed by atoms with van der Waals surface area (Å²) in [5.41, 5.74) is 6.05. The number of rotatable bonds is 13. The van der Waals surface area contributed by atoms with Crippen LogP contribution < -0.4 is 24.3 Å². The van der Waals surface area contributed by atoms with Crippen LogP contribution in [0.3, 0.4) is 0 Å². The number of nitriles is 1. The van der Waals surface area contributed by atoms with Crippen LogP contribution in [-0.4, -0.2) is 47.5 Å². The molecule has 0 fully saturated rings. The van der Waals surface area contributed by atoms with Crippen LogP contribution in [0.2, 0.25) is 0 Å². The summed E-state index contributed by atoms with van der Waals surface area (Å²) in [6.45, 7) is 3.51. The number of hydrogen-bond acceptors (Lipinski definition) is 9. The maximum absolute atomic E-state index is 11.3. The van der Waals surface area contributed by atoms with E-state index in [0.717, 1.165) is 39.3 Å². The Bertz CT molecular complexity index is 1670. The second kappa shape index (κ2) is 14.4. The van der Waals surface area contributed by atoms with Crippen molar-refractivity contribution in [3.8, 4) is 40.2 Å². The highest BCUT2D eigenvalue weighted by Gasteiger charge is 2.17. The zero-order chi connectivity index (χ0) is 30.9. The number of carboxylic acid groups (broad SMARTS) is 1. The van der Waals surface area contributed by atoms with Gasteiger partial charge in [0.1, 0.15) is 37.9 Å². The van der Waals surface area contributed by atoms with Gasteiger partial charge in [-0.05, 0) is 59.5 Å². The lowest BCUT2D eigenvalue weighted by atomic mass is 9.96. The molecular weight excluding hydrogens is 562 g/mol. The first-order valence-electron chi connectivity index (χ1n) is 14.2. The molecule has 1 aliphatic rings. The Morgan fingerprint density at radius 2 is 1.86 bits per heavy atom. The van der Waals surface area contributed by atoms with Crippen molar-refractivity contribution in [2.24, 2.45) is 5.92 Å². The molecule has 1 aromatic heterocycles. The van der Waals surface area contributed by atoms with Gasteiger partial charge in [-0.3, -0.25) is 9.78 Å². The van der Waals surface area contributed by atoms with E-state index >= 15 is 0 Å². The van der Waals surface area contributed by atoms with Gasteiger partial charge in [-0.2, -0.15) is 5.26 Å². The SMILES string of the molecule is Cc1c(COc2ccc(CNCC(CO)C(=O)O)c(OCc3cc(C#N)ccn3)c2)cccc1-c1ccc2c(c1)OCCO2. The first-order valence-corrected chi connectivity index (χ1v) is 14.2. The standard InChI is InChI=1S/C34H33N3O7/c1-22-26(3-2-4-30(22)24-6-8-31-33(14-24)42-12-11-41-31)20-43-29-7-5-25(17-36-18-27(19-38)34(39)40)32(15-29)44-21-28-13-23(16-35)9-10-37-28/h2-10,13-15,27,36,38H,11-12,17-21H2,1H3,(H,39,40). The molecule has 4 aromatic rings. The van der Waals surface area contributed by atoms with Crippen LogP contribution in [-0.2, 0) is 24.6 Å². The van der Waals surface area contributed by atoms with Crippen LogP contribution in [0.25, 0.3) is 11.1 Å². The molecule has 5 rings (SSSR count). The Morgan fingerprint density at radius 1 is 1.02 bits per heavy atom. The van der Waals surface area contributed by atoms with Gasteiger partial charge in [-0.1, -0.05) is 30.3 Å². The number of carboxylic acids is 1. The van der Waals surface area contributed by atoms with E-state index in [2.05, 4.69) is 29.4 Å². The number of aromatic nitrogens is 1. The van der Waals surface area contributed by atoms with Crippen LogP contribution in [0.4, 0.5) is 0 Å². The first-order chi connectivity index (χ1) is 21.4. The third kappa shape index (κ3) is 7.45. The molecule has 10 heteroatoms. The van der Waals surface area contributed by atoms with Crippen LogP contribution in [0.5, 0.6) is 23.0 Å². The quantitative estimate of drug-likeness (QED) is 0.200. The number of aliphatic hydroxyl groups excluding tert-OH is 1. The zero-order valence-corrected chi connectivity index (χ0v) is 24.3. The molecule has 0 radical (unpaired) electrons. The van der Waals surface area contributed by atoms with Gasteiger partial charge >= 0.3 is 5.97 Å². The summed E-state index contributed by atoms with van der Waals surface area (Å²) < 4.78 is 23.8. The third-order valence-electron chi connectivity index (χ3n) is 7.33. The minimum atomic E-state index is -1.07. The molecular formula is C34H33N3O7. The number of nitrogens with zero attached hydrogens (tertiary/aromatic N) is 2. The second-order valence-corrected chi connectivity index (χ2v) is 10.3. The summed E-state index contributed by atoms with van der Waals surface area (Å²) >= 11 is 0. The van der Waals surface area contributed by atoms with Gasteiger partial charge < -0.3 is 34.5 Å². The molecule has 0 saturated carbocycles. The van der Waals surface area contributed by atoms with Crippen molar-refractivity contribution in [2.75, 3.05) is 26.4 Å². The lowest BCUT2D eigenvalue weighted by Crippen LogP contribution is -2.30. The highest BCUT2D eigenvalue weighted by Crippen LogP contribution is 2.36. The molecule has 0 aliphatic carbocycles. The molecule has 3 aromatic carbocycles. The second-order valence-electron chi connectivity index (χ2n) is 10.3. The van der Waals surface area contributed by atoms with Crippen LogP contribution in [0, 0.1) is 24.2 Å². The Morgan fingerprint density at radius 3 is 2.66 bits per heavy atom. The average molecular weight is 596 g/mol. The van der Waals surface area contributed by atoms with Crippen molar-refractivity contribution >= 4 is 5.97 Å². The number of aliphatic hydroxyl groups is 1. The number of hydrogen-bond donors (Lipinski definition) is 3. The highest BCUT2D eigenvalue weighted by molar-refractivity contribution is 5.71. The predicted octanol–water partition coefficient (Wildman–Crippen LogP) is 4.64. The number of aliphatic carboxylic acids is 1. The summed E-state index contributed by atoms with van der Waals surface area (Å²) in [5.74, 6) is 0.610. The molecule has 3 N–H and O–H groups in total. The molecule has 0 amide bonds. The summed E-state index contributed by atoms with van der Waals surface area (Å²) in [6, 6.07) is 22.9. The van der Waals surface area contributed by atoms with E-state index < -0.39 is 18.5 Å². The number of ether oxygens (including phenoxy) is 4. The van der Waals surface area contributed by atoms with E-state index in [1.165, 1.54) is 0 Å². The Hall–Kier alpha value is -5.11. The lowest BCUT2D eigenvalue weighted by molar-refractivity contribution is -0.142. The molecule has 44 heavy (non-hydrogen) atoms. The van der Waals surface area contributed by atoms with Crippen LogP contribution >= 0.6 is 0 Å². The third-order valence-corrected chi connectivity index (χ3v) is 7.33. The molecule has 2 heterocycles. The van der Waals surface area contributed by atoms with Gasteiger partial charge in [-0.25, -0.2) is 0 Å². The van der Waals surface area contributed by atoms with E-state index in [1.54, 1.807) is 24.4 Å². The van der Waals surface area contributed by atoms with Gasteiger partial charge in [0.05, 0.1) is 29.9 Å². The fourth-order valence-corrected chi connectivity index (χ4v) is 4.82. The molecule has 0 saturated heterocycles. The van der Waals surface area contributed by atoms with Crippen molar-refractivity contribution in [1.82, 2.24) is 10.3 Å². The summed E-state index contributed by atoms with van der Waals surface area (Å²) in [7, 11) is 0. The Labute approximate surface area is 255 Å². The minimum absolute atomic E-state index is 0.0915. The van der Waals surface area contributed by atoms with Crippen molar-refractivity contribution in [3.63, 3.8) is 0 Å². The fourth-order valence-electron chi connectivity index (χ4n) is 4.82. The first kappa shape index (κ1) is 30.4. The van der Waals surface area contributed by atoms with E-state index in [1.807, 2.05) is 42.5 Å². The van der Waals surface area contributed by atoms with E-state index in [0.29, 0.717) is 49.1 Å². The molecule has 10 nitrogen and oxygen atoms in total. The van der Waals surface area contributed by atoms with Crippen LogP contribution in [0.15, 0.2) is 72.9 Å². The van der Waals surface area contributed by atoms with Gasteiger partial charge in [0.15, 0.2) is 11.5 Å². The summed E-state index contributed by atoms with van der Waals surface area (Å²) in [6.07, 6.45) is 1.56. The lowest BCUT2D eigenvalue weighted by Gasteiger charge is -2.20. The molecule has 1 atom stereocenters. The van der Waals surface area contributed by atoms with Crippen molar-refractivity contribution < 1.29 is 34.0 Å². The number of carbonyl (C=O) groups is 1. The maximum atomic E-state index is 11.3. The largest absolute Gasteiger partial charge is 0.489 e. The van der Waals surface area contributed by atoms with Crippen molar-refractivity contribution in [2.45, 2.75) is 26.7 Å². The number of pyridine rings is 1. The summed E-state index contributed by atoms with van der Waals surface area (Å²) in [5, 5.41) is 30.9. The zero-order valence-electron chi connectivity index (χ0n) is 24.3. The normalized spacial score (nSPS) is 12.7. The molecule has 1 unspecified atom stereocenters. The van der Waals surface area contributed by atoms with Crippen molar-refractivity contribution in [1.29, 1.82) is 5.26 Å². The average Bonchev–Trinajstić information content (AvgIpc) is 3.05. The van der Waals surface area contributed by atoms with E-state index in [-0.39, 0.29) is 13.2 Å². The van der Waals surface area contributed by atoms with E-state index in [9.17, 15) is 20.3 Å². The predicted molar refractivity (Wildman–Crippen MR) is 162 cm³/mol. The minimum Gasteiger partial charge on any atom is -0.489 e. The Kier molecular flexibility index (Phi) is 9.92. The number of nitrogens with one attached hydrogen (secondary N) is 1. The van der Waals surface area contributed by atoms with Crippen molar-refractivity contribution in [3.05, 3.63) is 101 Å². The van der Waals surface area contributed by atoms with Gasteiger partial charge in [0.25, 0.3) is 0 Å². The van der Waals surface area contributed by atoms with E-state index in [4.69, 9.17) is 18.9 Å². The van der Waals surface area contributed by atoms with Crippen LogP contribution in [0.1, 0.15) is 27.9 Å².